The molecule has 1 fully saturated rings. The van der Waals surface area contributed by atoms with E-state index in [-0.39, 0.29) is 22.4 Å². The number of carbonyl (C=O) groups excluding carboxylic acids is 1. The van der Waals surface area contributed by atoms with E-state index in [2.05, 4.69) is 15.3 Å². The van der Waals surface area contributed by atoms with Crippen LogP contribution in [0.3, 0.4) is 0 Å². The summed E-state index contributed by atoms with van der Waals surface area (Å²) in [6.45, 7) is 1.56. The van der Waals surface area contributed by atoms with Crippen LogP contribution in [0.2, 0.25) is 0 Å². The van der Waals surface area contributed by atoms with E-state index in [0.29, 0.717) is 11.2 Å². The van der Waals surface area contributed by atoms with Gasteiger partial charge in [0.25, 0.3) is 0 Å². The Hall–Kier alpha value is -2.20. The summed E-state index contributed by atoms with van der Waals surface area (Å²) in [7, 11) is 0. The molecule has 2 heterocycles. The van der Waals surface area contributed by atoms with Gasteiger partial charge in [0, 0.05) is 6.54 Å². The Balaban J connectivity index is 1.94. The fraction of sp³-hybridized carbons (Fsp3) is 0.438. The van der Waals surface area contributed by atoms with Gasteiger partial charge in [-0.15, -0.1) is 11.3 Å². The van der Waals surface area contributed by atoms with Crippen molar-refractivity contribution in [3.8, 4) is 0 Å². The second kappa shape index (κ2) is 7.20. The SMILES string of the molecule is NC(=O)C(C(N)=NC1CCCNC1)c1nc2cc(C(F)(F)F)ccc2s1. The molecule has 10 heteroatoms. The zero-order valence-electron chi connectivity index (χ0n) is 13.7. The molecule has 2 atom stereocenters. The first-order valence-electron chi connectivity index (χ1n) is 8.06. The van der Waals surface area contributed by atoms with E-state index in [9.17, 15) is 18.0 Å². The number of halogens is 3. The normalized spacial score (nSPS) is 20.3. The number of nitrogens with two attached hydrogens (primary N) is 2. The van der Waals surface area contributed by atoms with E-state index in [4.69, 9.17) is 11.5 Å². The van der Waals surface area contributed by atoms with E-state index in [1.165, 1.54) is 6.07 Å². The average molecular weight is 385 g/mol. The van der Waals surface area contributed by atoms with Gasteiger partial charge < -0.3 is 16.8 Å². The fourth-order valence-electron chi connectivity index (χ4n) is 2.87. The highest BCUT2D eigenvalue weighted by Crippen LogP contribution is 2.34. The van der Waals surface area contributed by atoms with Gasteiger partial charge in [0.2, 0.25) is 5.91 Å². The molecule has 5 N–H and O–H groups in total. The molecule has 6 nitrogen and oxygen atoms in total. The van der Waals surface area contributed by atoms with Gasteiger partial charge in [0.15, 0.2) is 0 Å². The number of hydrogen-bond acceptors (Lipinski definition) is 5. The molecule has 26 heavy (non-hydrogen) atoms. The largest absolute Gasteiger partial charge is 0.416 e. The van der Waals surface area contributed by atoms with Crippen molar-refractivity contribution in [2.75, 3.05) is 13.1 Å². The number of amides is 1. The van der Waals surface area contributed by atoms with E-state index in [1.54, 1.807) is 0 Å². The zero-order valence-corrected chi connectivity index (χ0v) is 14.5. The molecule has 3 rings (SSSR count). The third-order valence-corrected chi connectivity index (χ3v) is 5.26. The van der Waals surface area contributed by atoms with Crippen LogP contribution in [-0.2, 0) is 11.0 Å². The van der Waals surface area contributed by atoms with Gasteiger partial charge in [-0.3, -0.25) is 9.79 Å². The molecule has 140 valence electrons. The lowest BCUT2D eigenvalue weighted by atomic mass is 10.1. The van der Waals surface area contributed by atoms with Gasteiger partial charge in [-0.05, 0) is 37.6 Å². The Morgan fingerprint density at radius 2 is 2.15 bits per heavy atom. The summed E-state index contributed by atoms with van der Waals surface area (Å²) in [5.74, 6) is -1.74. The highest BCUT2D eigenvalue weighted by molar-refractivity contribution is 7.18. The van der Waals surface area contributed by atoms with Gasteiger partial charge in [0.1, 0.15) is 16.8 Å². The molecular weight excluding hydrogens is 367 g/mol. The molecule has 1 saturated heterocycles. The lowest BCUT2D eigenvalue weighted by Gasteiger charge is -2.21. The van der Waals surface area contributed by atoms with E-state index in [0.717, 1.165) is 42.9 Å². The number of benzene rings is 1. The number of rotatable bonds is 4. The summed E-state index contributed by atoms with van der Waals surface area (Å²) < 4.78 is 39.1. The van der Waals surface area contributed by atoms with Crippen LogP contribution in [-0.4, -0.2) is 35.9 Å². The molecule has 1 aromatic carbocycles. The molecule has 0 saturated carbocycles. The number of nitrogens with zero attached hydrogens (tertiary/aromatic N) is 2. The predicted octanol–water partition coefficient (Wildman–Crippen LogP) is 1.99. The van der Waals surface area contributed by atoms with Gasteiger partial charge in [-0.1, -0.05) is 0 Å². The van der Waals surface area contributed by atoms with Crippen LogP contribution in [0.1, 0.15) is 29.3 Å². The number of carbonyl (C=O) groups is 1. The smallest absolute Gasteiger partial charge is 0.386 e. The standard InChI is InChI=1S/C16H18F3N5OS/c17-16(18,19)8-3-4-11-10(6-8)24-15(26-11)12(14(21)25)13(20)23-9-2-1-5-22-7-9/h3-4,6,9,12,22H,1-2,5,7H2,(H2,20,23)(H2,21,25). The quantitative estimate of drug-likeness (QED) is 0.553. The maximum atomic E-state index is 12.9. The van der Waals surface area contributed by atoms with E-state index in [1.807, 2.05) is 0 Å². The van der Waals surface area contributed by atoms with Crippen molar-refractivity contribution in [1.82, 2.24) is 10.3 Å². The number of primary amides is 1. The van der Waals surface area contributed by atoms with Crippen molar-refractivity contribution in [1.29, 1.82) is 0 Å². The fourth-order valence-corrected chi connectivity index (χ4v) is 3.94. The third-order valence-electron chi connectivity index (χ3n) is 4.16. The van der Waals surface area contributed by atoms with Crippen molar-refractivity contribution in [2.45, 2.75) is 31.0 Å². The molecule has 2 unspecified atom stereocenters. The maximum Gasteiger partial charge on any atom is 0.416 e. The number of fused-ring (bicyclic) bond motifs is 1. The average Bonchev–Trinajstić information content (AvgIpc) is 2.96. The minimum atomic E-state index is -4.46. The summed E-state index contributed by atoms with van der Waals surface area (Å²) in [6, 6.07) is 3.20. The minimum Gasteiger partial charge on any atom is -0.386 e. The van der Waals surface area contributed by atoms with Gasteiger partial charge >= 0.3 is 6.18 Å². The Kier molecular flexibility index (Phi) is 5.15. The molecule has 1 amide bonds. The number of nitrogens with one attached hydrogen (secondary N) is 1. The summed E-state index contributed by atoms with van der Waals surface area (Å²) in [5.41, 5.74) is 10.8. The molecule has 1 aliphatic heterocycles. The van der Waals surface area contributed by atoms with Crippen molar-refractivity contribution in [3.05, 3.63) is 28.8 Å². The second-order valence-corrected chi connectivity index (χ2v) is 7.18. The number of amidine groups is 1. The molecule has 0 bridgehead atoms. The van der Waals surface area contributed by atoms with Crippen LogP contribution < -0.4 is 16.8 Å². The first-order chi connectivity index (χ1) is 12.3. The molecule has 2 aromatic rings. The topological polar surface area (TPSA) is 106 Å². The van der Waals surface area contributed by atoms with E-state index < -0.39 is 23.6 Å². The van der Waals surface area contributed by atoms with Crippen molar-refractivity contribution in [2.24, 2.45) is 16.5 Å². The molecule has 0 spiro atoms. The number of alkyl halides is 3. The molecule has 1 aromatic heterocycles. The van der Waals surface area contributed by atoms with Crippen LogP contribution in [0.15, 0.2) is 23.2 Å². The zero-order chi connectivity index (χ0) is 18.9. The number of aromatic nitrogens is 1. The first-order valence-corrected chi connectivity index (χ1v) is 8.88. The highest BCUT2D eigenvalue weighted by atomic mass is 32.1. The number of thiazole rings is 1. The molecular formula is C16H18F3N5OS. The highest BCUT2D eigenvalue weighted by Gasteiger charge is 2.32. The summed E-state index contributed by atoms with van der Waals surface area (Å²) in [5, 5.41) is 3.44. The Morgan fingerprint density at radius 1 is 1.38 bits per heavy atom. The van der Waals surface area contributed by atoms with Crippen LogP contribution in [0.25, 0.3) is 10.2 Å². The molecule has 0 radical (unpaired) electrons. The lowest BCUT2D eigenvalue weighted by Crippen LogP contribution is -2.38. The lowest BCUT2D eigenvalue weighted by molar-refractivity contribution is -0.137. The number of aliphatic imine (C=N–C) groups is 1. The second-order valence-electron chi connectivity index (χ2n) is 6.12. The summed E-state index contributed by atoms with van der Waals surface area (Å²) >= 11 is 1.09. The summed E-state index contributed by atoms with van der Waals surface area (Å²) in [4.78, 5) is 20.5. The van der Waals surface area contributed by atoms with Crippen molar-refractivity contribution >= 4 is 33.3 Å². The monoisotopic (exact) mass is 385 g/mol. The van der Waals surface area contributed by atoms with Crippen LogP contribution in [0.5, 0.6) is 0 Å². The minimum absolute atomic E-state index is 0.0429. The van der Waals surface area contributed by atoms with Gasteiger partial charge in [-0.25, -0.2) is 4.98 Å². The maximum absolute atomic E-state index is 12.9. The summed E-state index contributed by atoms with van der Waals surface area (Å²) in [6.07, 6.45) is -2.67. The van der Waals surface area contributed by atoms with Crippen LogP contribution in [0, 0.1) is 0 Å². The van der Waals surface area contributed by atoms with Crippen LogP contribution >= 0.6 is 11.3 Å². The Morgan fingerprint density at radius 3 is 2.77 bits per heavy atom. The first kappa shape index (κ1) is 18.6. The molecule has 0 aliphatic carbocycles. The third kappa shape index (κ3) is 3.96. The van der Waals surface area contributed by atoms with Gasteiger partial charge in [0.05, 0.1) is 21.8 Å². The molecule has 1 aliphatic rings. The number of hydrogen-bond donors (Lipinski definition) is 3. The Bertz CT molecular complexity index is 842. The van der Waals surface area contributed by atoms with Crippen molar-refractivity contribution < 1.29 is 18.0 Å². The predicted molar refractivity (Wildman–Crippen MR) is 94.1 cm³/mol. The van der Waals surface area contributed by atoms with Gasteiger partial charge in [-0.2, -0.15) is 13.2 Å². The van der Waals surface area contributed by atoms with Crippen molar-refractivity contribution in [3.63, 3.8) is 0 Å². The van der Waals surface area contributed by atoms with E-state index >= 15 is 0 Å². The Labute approximate surface area is 151 Å². The number of piperidine rings is 1. The van der Waals surface area contributed by atoms with Crippen LogP contribution in [0.4, 0.5) is 13.2 Å².